The van der Waals surface area contributed by atoms with Crippen LogP contribution < -0.4 is 15.5 Å². The van der Waals surface area contributed by atoms with Gasteiger partial charge in [-0.05, 0) is 68.2 Å². The number of hydrogen-bond donors (Lipinski definition) is 2. The molecule has 0 fully saturated rings. The highest BCUT2D eigenvalue weighted by atomic mass is 35.5. The number of carbonyl (C=O) groups excluding carboxylic acids is 2. The summed E-state index contributed by atoms with van der Waals surface area (Å²) in [4.78, 5) is 39.4. The summed E-state index contributed by atoms with van der Waals surface area (Å²) in [5.41, 5.74) is 4.04. The van der Waals surface area contributed by atoms with Gasteiger partial charge in [-0.2, -0.15) is 0 Å². The van der Waals surface area contributed by atoms with Gasteiger partial charge in [0.2, 0.25) is 5.91 Å². The fourth-order valence-electron chi connectivity index (χ4n) is 3.86. The normalized spacial score (nSPS) is 13.8. The first-order valence-electron chi connectivity index (χ1n) is 11.0. The van der Waals surface area contributed by atoms with Crippen molar-refractivity contribution in [2.75, 3.05) is 43.2 Å². The van der Waals surface area contributed by atoms with Crippen molar-refractivity contribution >= 4 is 57.4 Å². The topological polar surface area (TPSA) is 108 Å². The van der Waals surface area contributed by atoms with Crippen LogP contribution in [0.25, 0.3) is 11.3 Å². The molecule has 1 aliphatic heterocycles. The lowest BCUT2D eigenvalue weighted by atomic mass is 10.00. The zero-order valence-corrected chi connectivity index (χ0v) is 20.7. The Morgan fingerprint density at radius 2 is 1.69 bits per heavy atom. The predicted molar refractivity (Wildman–Crippen MR) is 142 cm³/mol. The summed E-state index contributed by atoms with van der Waals surface area (Å²) in [6.07, 6.45) is 0. The molecule has 0 aromatic heterocycles. The van der Waals surface area contributed by atoms with Crippen molar-refractivity contribution in [1.82, 2.24) is 4.90 Å². The minimum atomic E-state index is -0.476. The average molecular weight is 506 g/mol. The maximum Gasteiger partial charge on any atom is 0.269 e. The Kier molecular flexibility index (Phi) is 7.05. The highest BCUT2D eigenvalue weighted by Gasteiger charge is 2.29. The Balaban J connectivity index is 1.73. The van der Waals surface area contributed by atoms with E-state index in [1.165, 1.54) is 12.1 Å². The highest BCUT2D eigenvalue weighted by molar-refractivity contribution is 6.38. The van der Waals surface area contributed by atoms with Gasteiger partial charge in [0.25, 0.3) is 11.6 Å². The van der Waals surface area contributed by atoms with Crippen molar-refractivity contribution in [3.8, 4) is 0 Å². The fourth-order valence-corrected chi connectivity index (χ4v) is 4.03. The Morgan fingerprint density at radius 1 is 1.03 bits per heavy atom. The minimum absolute atomic E-state index is 0.0488. The molecule has 3 aromatic rings. The smallest absolute Gasteiger partial charge is 0.269 e. The Hall–Kier alpha value is -4.21. The molecule has 0 atom stereocenters. The van der Waals surface area contributed by atoms with Crippen molar-refractivity contribution in [1.29, 1.82) is 0 Å². The molecule has 9 nitrogen and oxygen atoms in total. The Bertz CT molecular complexity index is 1370. The summed E-state index contributed by atoms with van der Waals surface area (Å²) < 4.78 is 0. The zero-order chi connectivity index (χ0) is 26.0. The molecule has 1 heterocycles. The molecule has 0 saturated carbocycles. The third-order valence-electron chi connectivity index (χ3n) is 5.69. The molecule has 0 bridgehead atoms. The Labute approximate surface area is 213 Å². The predicted octanol–water partition coefficient (Wildman–Crippen LogP) is 4.71. The lowest BCUT2D eigenvalue weighted by Crippen LogP contribution is -2.34. The molecule has 3 aromatic carbocycles. The van der Waals surface area contributed by atoms with Crippen LogP contribution in [0.5, 0.6) is 0 Å². The largest absolute Gasteiger partial charge is 0.354 e. The number of hydrogen-bond acceptors (Lipinski definition) is 6. The Morgan fingerprint density at radius 3 is 2.31 bits per heavy atom. The number of fused-ring (bicyclic) bond motifs is 1. The molecule has 2 N–H and O–H groups in total. The van der Waals surface area contributed by atoms with Gasteiger partial charge >= 0.3 is 0 Å². The number of halogens is 1. The van der Waals surface area contributed by atoms with Crippen LogP contribution in [0.2, 0.25) is 5.02 Å². The molecule has 0 unspecified atom stereocenters. The molecule has 0 spiro atoms. The molecule has 184 valence electrons. The SMILES string of the molecule is CN(C)CC(=O)N(C)c1ccc(NC(=C2C(=O)Nc3cc(Cl)ccc32)c2ccc([N+](=O)[O-])cc2)cc1. The third-order valence-corrected chi connectivity index (χ3v) is 5.93. The second kappa shape index (κ2) is 10.2. The van der Waals surface area contributed by atoms with Crippen molar-refractivity contribution in [3.63, 3.8) is 0 Å². The van der Waals surface area contributed by atoms with E-state index in [4.69, 9.17) is 11.6 Å². The summed E-state index contributed by atoms with van der Waals surface area (Å²) in [6.45, 7) is 0.283. The van der Waals surface area contributed by atoms with Crippen LogP contribution in [0, 0.1) is 10.1 Å². The lowest BCUT2D eigenvalue weighted by Gasteiger charge is -2.20. The number of rotatable bonds is 7. The molecule has 0 aliphatic carbocycles. The van der Waals surface area contributed by atoms with E-state index in [2.05, 4.69) is 10.6 Å². The van der Waals surface area contributed by atoms with E-state index >= 15 is 0 Å². The molecule has 36 heavy (non-hydrogen) atoms. The van der Waals surface area contributed by atoms with Crippen molar-refractivity contribution < 1.29 is 14.5 Å². The summed E-state index contributed by atoms with van der Waals surface area (Å²) in [5, 5.41) is 17.8. The highest BCUT2D eigenvalue weighted by Crippen LogP contribution is 2.39. The van der Waals surface area contributed by atoms with Gasteiger partial charge < -0.3 is 20.4 Å². The van der Waals surface area contributed by atoms with Gasteiger partial charge in [-0.15, -0.1) is 0 Å². The zero-order valence-electron chi connectivity index (χ0n) is 19.9. The quantitative estimate of drug-likeness (QED) is 0.273. The lowest BCUT2D eigenvalue weighted by molar-refractivity contribution is -0.384. The van der Waals surface area contributed by atoms with E-state index in [-0.39, 0.29) is 24.0 Å². The maximum atomic E-state index is 13.0. The van der Waals surface area contributed by atoms with Crippen LogP contribution in [-0.4, -0.2) is 49.3 Å². The van der Waals surface area contributed by atoms with Crippen molar-refractivity contribution in [3.05, 3.63) is 93.0 Å². The van der Waals surface area contributed by atoms with Crippen molar-refractivity contribution in [2.45, 2.75) is 0 Å². The summed E-state index contributed by atoms with van der Waals surface area (Å²) in [6, 6.07) is 18.3. The van der Waals surface area contributed by atoms with Crippen LogP contribution in [0.1, 0.15) is 11.1 Å². The number of benzene rings is 3. The number of amides is 2. The summed E-state index contributed by atoms with van der Waals surface area (Å²) in [5.74, 6) is -0.369. The van der Waals surface area contributed by atoms with E-state index in [0.717, 1.165) is 5.69 Å². The van der Waals surface area contributed by atoms with Crippen LogP contribution >= 0.6 is 11.6 Å². The number of carbonyl (C=O) groups is 2. The maximum absolute atomic E-state index is 13.0. The van der Waals surface area contributed by atoms with Crippen LogP contribution in [0.3, 0.4) is 0 Å². The number of nitro groups is 1. The van der Waals surface area contributed by atoms with E-state index in [1.54, 1.807) is 71.4 Å². The second-order valence-corrected chi connectivity index (χ2v) is 9.00. The fraction of sp³-hybridized carbons (Fsp3) is 0.154. The van der Waals surface area contributed by atoms with Gasteiger partial charge in [0, 0.05) is 41.1 Å². The van der Waals surface area contributed by atoms with Gasteiger partial charge in [-0.1, -0.05) is 17.7 Å². The number of non-ortho nitro benzene ring substituents is 1. The first-order chi connectivity index (χ1) is 17.1. The van der Waals surface area contributed by atoms with Gasteiger partial charge in [-0.3, -0.25) is 19.7 Å². The summed E-state index contributed by atoms with van der Waals surface area (Å²) >= 11 is 6.11. The van der Waals surface area contributed by atoms with E-state index in [1.807, 2.05) is 14.1 Å². The van der Waals surface area contributed by atoms with Gasteiger partial charge in [0.15, 0.2) is 0 Å². The number of nitrogens with zero attached hydrogens (tertiary/aromatic N) is 3. The molecule has 4 rings (SSSR count). The number of nitro benzene ring substituents is 1. The monoisotopic (exact) mass is 505 g/mol. The molecule has 2 amide bonds. The summed E-state index contributed by atoms with van der Waals surface area (Å²) in [7, 11) is 5.37. The molecule has 0 radical (unpaired) electrons. The minimum Gasteiger partial charge on any atom is -0.354 e. The van der Waals surface area contributed by atoms with Gasteiger partial charge in [0.1, 0.15) is 0 Å². The molecule has 10 heteroatoms. The van der Waals surface area contributed by atoms with Gasteiger partial charge in [-0.25, -0.2) is 0 Å². The van der Waals surface area contributed by atoms with Crippen LogP contribution in [0.4, 0.5) is 22.7 Å². The number of anilines is 3. The molecule has 0 saturated heterocycles. The molecular formula is C26H24ClN5O4. The van der Waals surface area contributed by atoms with E-state index in [9.17, 15) is 19.7 Å². The average Bonchev–Trinajstić information content (AvgIpc) is 3.16. The van der Waals surface area contributed by atoms with E-state index in [0.29, 0.717) is 38.8 Å². The third kappa shape index (κ3) is 5.22. The number of nitrogens with one attached hydrogen (secondary N) is 2. The van der Waals surface area contributed by atoms with E-state index < -0.39 is 4.92 Å². The standard InChI is InChI=1S/C26H24ClN5O4/c1-30(2)15-23(33)31(3)19-11-7-18(8-12-19)28-25(16-4-9-20(10-5-16)32(35)36)24-21-13-6-17(27)14-22(21)29-26(24)34/h4-14,28H,15H2,1-3H3,(H,29,34). The van der Waals surface area contributed by atoms with Crippen molar-refractivity contribution in [2.24, 2.45) is 0 Å². The number of likely N-dealkylation sites (N-methyl/N-ethyl adjacent to an activating group) is 2. The second-order valence-electron chi connectivity index (χ2n) is 8.56. The molecular weight excluding hydrogens is 482 g/mol. The first-order valence-corrected chi connectivity index (χ1v) is 11.4. The van der Waals surface area contributed by atoms with Gasteiger partial charge in [0.05, 0.1) is 28.4 Å². The molecule has 1 aliphatic rings. The first kappa shape index (κ1) is 24.9. The van der Waals surface area contributed by atoms with Crippen LogP contribution in [-0.2, 0) is 9.59 Å². The van der Waals surface area contributed by atoms with Crippen LogP contribution in [0.15, 0.2) is 66.7 Å².